The van der Waals surface area contributed by atoms with E-state index in [1.165, 1.54) is 30.3 Å². The maximum atomic E-state index is 12.5. The Morgan fingerprint density at radius 3 is 2.37 bits per heavy atom. The molecule has 0 saturated heterocycles. The fraction of sp³-hybridized carbons (Fsp3) is 0.158. The van der Waals surface area contributed by atoms with Crippen molar-refractivity contribution in [2.24, 2.45) is 0 Å². The number of sulfonamides is 1. The highest BCUT2D eigenvalue weighted by Crippen LogP contribution is 2.17. The van der Waals surface area contributed by atoms with Gasteiger partial charge in [-0.2, -0.15) is 0 Å². The molecule has 0 unspecified atom stereocenters. The molecular formula is C19H19N3O4S. The normalized spacial score (nSPS) is 11.2. The van der Waals surface area contributed by atoms with Crippen LogP contribution in [-0.2, 0) is 16.6 Å². The predicted molar refractivity (Wildman–Crippen MR) is 101 cm³/mol. The topological polar surface area (TPSA) is 92.5 Å². The number of hydrogen-bond acceptors (Lipinski definition) is 5. The highest BCUT2D eigenvalue weighted by Gasteiger charge is 2.18. The molecule has 1 aromatic heterocycles. The highest BCUT2D eigenvalue weighted by atomic mass is 32.2. The maximum absolute atomic E-state index is 12.5. The van der Waals surface area contributed by atoms with Crippen molar-refractivity contribution in [3.05, 3.63) is 77.6 Å². The molecule has 0 atom stereocenters. The van der Waals surface area contributed by atoms with Crippen molar-refractivity contribution in [2.45, 2.75) is 18.4 Å². The second-order valence-corrected chi connectivity index (χ2v) is 7.78. The third-order valence-electron chi connectivity index (χ3n) is 3.89. The number of benzene rings is 2. The quantitative estimate of drug-likeness (QED) is 0.704. The molecule has 7 nitrogen and oxygen atoms in total. The summed E-state index contributed by atoms with van der Waals surface area (Å²) in [4.78, 5) is 14.2. The third kappa shape index (κ3) is 4.53. The lowest BCUT2D eigenvalue weighted by molar-refractivity contribution is 0.0785. The van der Waals surface area contributed by atoms with Gasteiger partial charge < -0.3 is 9.42 Å². The molecule has 27 heavy (non-hydrogen) atoms. The molecule has 0 aliphatic heterocycles. The number of hydrogen-bond donors (Lipinski definition) is 1. The molecule has 1 amide bonds. The molecular weight excluding hydrogens is 366 g/mol. The Kier molecular flexibility index (Phi) is 5.27. The molecule has 0 saturated carbocycles. The minimum absolute atomic E-state index is 0.0328. The number of nitrogens with zero attached hydrogens (tertiary/aromatic N) is 2. The van der Waals surface area contributed by atoms with Crippen molar-refractivity contribution in [3.8, 4) is 0 Å². The average Bonchev–Trinajstić information content (AvgIpc) is 3.06. The van der Waals surface area contributed by atoms with Crippen LogP contribution in [0.1, 0.15) is 21.7 Å². The largest absolute Gasteiger partial charge is 0.360 e. The molecule has 0 bridgehead atoms. The van der Waals surface area contributed by atoms with Gasteiger partial charge in [0.2, 0.25) is 0 Å². The Labute approximate surface area is 157 Å². The summed E-state index contributed by atoms with van der Waals surface area (Å²) >= 11 is 0. The zero-order chi connectivity index (χ0) is 19.4. The summed E-state index contributed by atoms with van der Waals surface area (Å²) in [6.45, 7) is 2.13. The molecule has 8 heteroatoms. The van der Waals surface area contributed by atoms with Gasteiger partial charge in [-0.25, -0.2) is 8.42 Å². The standard InChI is InChI=1S/C19H19N3O4S/c1-14-12-18(20-26-14)21-27(24,25)17-10-8-16(9-11-17)19(23)22(2)13-15-6-4-3-5-7-15/h3-12H,13H2,1-2H3,(H,20,21). The van der Waals surface area contributed by atoms with E-state index in [4.69, 9.17) is 4.52 Å². The van der Waals surface area contributed by atoms with Crippen molar-refractivity contribution in [1.82, 2.24) is 10.1 Å². The van der Waals surface area contributed by atoms with Crippen LogP contribution < -0.4 is 4.72 Å². The fourth-order valence-electron chi connectivity index (χ4n) is 2.54. The number of nitrogens with one attached hydrogen (secondary N) is 1. The number of carbonyl (C=O) groups is 1. The first-order valence-electron chi connectivity index (χ1n) is 8.21. The summed E-state index contributed by atoms with van der Waals surface area (Å²) in [6.07, 6.45) is 0. The van der Waals surface area contributed by atoms with E-state index in [0.29, 0.717) is 17.9 Å². The zero-order valence-electron chi connectivity index (χ0n) is 14.9. The molecule has 0 radical (unpaired) electrons. The molecule has 1 N–H and O–H groups in total. The number of aryl methyl sites for hydroxylation is 1. The van der Waals surface area contributed by atoms with Crippen LogP contribution in [0.3, 0.4) is 0 Å². The number of amides is 1. The van der Waals surface area contributed by atoms with Crippen LogP contribution in [0.2, 0.25) is 0 Å². The second kappa shape index (κ2) is 7.63. The fourth-order valence-corrected chi connectivity index (χ4v) is 3.52. The molecule has 140 valence electrons. The third-order valence-corrected chi connectivity index (χ3v) is 5.26. The van der Waals surface area contributed by atoms with Crippen LogP contribution in [0.5, 0.6) is 0 Å². The van der Waals surface area contributed by atoms with E-state index in [1.807, 2.05) is 30.3 Å². The first-order valence-corrected chi connectivity index (χ1v) is 9.69. The van der Waals surface area contributed by atoms with Crippen LogP contribution in [0, 0.1) is 6.92 Å². The molecule has 0 aliphatic carbocycles. The Balaban J connectivity index is 1.71. The predicted octanol–water partition coefficient (Wildman–Crippen LogP) is 3.06. The van der Waals surface area contributed by atoms with Crippen molar-refractivity contribution in [1.29, 1.82) is 0 Å². The molecule has 0 spiro atoms. The van der Waals surface area contributed by atoms with E-state index in [0.717, 1.165) is 5.56 Å². The summed E-state index contributed by atoms with van der Waals surface area (Å²) in [5.74, 6) is 0.410. The Hall–Kier alpha value is -3.13. The molecule has 3 aromatic rings. The minimum Gasteiger partial charge on any atom is -0.360 e. The van der Waals surface area contributed by atoms with Gasteiger partial charge in [-0.05, 0) is 36.8 Å². The van der Waals surface area contributed by atoms with Crippen molar-refractivity contribution < 1.29 is 17.7 Å². The summed E-state index contributed by atoms with van der Waals surface area (Å²) in [6, 6.07) is 16.9. The van der Waals surface area contributed by atoms with Crippen LogP contribution >= 0.6 is 0 Å². The number of rotatable bonds is 6. The number of anilines is 1. The minimum atomic E-state index is -3.81. The monoisotopic (exact) mass is 385 g/mol. The first kappa shape index (κ1) is 18.7. The van der Waals surface area contributed by atoms with Gasteiger partial charge >= 0.3 is 0 Å². The van der Waals surface area contributed by atoms with Gasteiger partial charge in [0, 0.05) is 25.2 Å². The van der Waals surface area contributed by atoms with Gasteiger partial charge in [0.1, 0.15) is 5.76 Å². The van der Waals surface area contributed by atoms with Crippen LogP contribution in [0.25, 0.3) is 0 Å². The molecule has 0 aliphatic rings. The van der Waals surface area contributed by atoms with Crippen molar-refractivity contribution >= 4 is 21.7 Å². The van der Waals surface area contributed by atoms with Crippen molar-refractivity contribution in [3.63, 3.8) is 0 Å². The lowest BCUT2D eigenvalue weighted by atomic mass is 10.1. The summed E-state index contributed by atoms with van der Waals surface area (Å²) < 4.78 is 31.9. The lowest BCUT2D eigenvalue weighted by Gasteiger charge is -2.17. The SMILES string of the molecule is Cc1cc(NS(=O)(=O)c2ccc(C(=O)N(C)Cc3ccccc3)cc2)no1. The zero-order valence-corrected chi connectivity index (χ0v) is 15.7. The summed E-state index contributed by atoms with van der Waals surface area (Å²) in [5.41, 5.74) is 1.42. The average molecular weight is 385 g/mol. The van der Waals surface area contributed by atoms with Crippen LogP contribution in [0.15, 0.2) is 70.1 Å². The van der Waals surface area contributed by atoms with E-state index < -0.39 is 10.0 Å². The molecule has 0 fully saturated rings. The Morgan fingerprint density at radius 1 is 1.11 bits per heavy atom. The lowest BCUT2D eigenvalue weighted by Crippen LogP contribution is -2.26. The Morgan fingerprint density at radius 2 is 1.78 bits per heavy atom. The van der Waals surface area contributed by atoms with Gasteiger partial charge in [0.15, 0.2) is 5.82 Å². The van der Waals surface area contributed by atoms with E-state index in [1.54, 1.807) is 18.9 Å². The first-order chi connectivity index (χ1) is 12.8. The summed E-state index contributed by atoms with van der Waals surface area (Å²) in [5, 5.41) is 3.61. The second-order valence-electron chi connectivity index (χ2n) is 6.10. The van der Waals surface area contributed by atoms with Gasteiger partial charge in [0.25, 0.3) is 15.9 Å². The van der Waals surface area contributed by atoms with E-state index in [2.05, 4.69) is 9.88 Å². The summed E-state index contributed by atoms with van der Waals surface area (Å²) in [7, 11) is -2.11. The number of aromatic nitrogens is 1. The Bertz CT molecular complexity index is 1030. The van der Waals surface area contributed by atoms with Gasteiger partial charge in [-0.15, -0.1) is 0 Å². The van der Waals surface area contributed by atoms with Crippen molar-refractivity contribution in [2.75, 3.05) is 11.8 Å². The smallest absolute Gasteiger partial charge is 0.263 e. The number of carbonyl (C=O) groups excluding carboxylic acids is 1. The van der Waals surface area contributed by atoms with Gasteiger partial charge in [-0.3, -0.25) is 9.52 Å². The molecule has 3 rings (SSSR count). The highest BCUT2D eigenvalue weighted by molar-refractivity contribution is 7.92. The molecule has 2 aromatic carbocycles. The maximum Gasteiger partial charge on any atom is 0.263 e. The van der Waals surface area contributed by atoms with Crippen LogP contribution in [-0.4, -0.2) is 31.4 Å². The van der Waals surface area contributed by atoms with E-state index >= 15 is 0 Å². The van der Waals surface area contributed by atoms with Gasteiger partial charge in [-0.1, -0.05) is 35.5 Å². The van der Waals surface area contributed by atoms with Crippen LogP contribution in [0.4, 0.5) is 5.82 Å². The van der Waals surface area contributed by atoms with E-state index in [9.17, 15) is 13.2 Å². The van der Waals surface area contributed by atoms with Gasteiger partial charge in [0.05, 0.1) is 4.90 Å². The van der Waals surface area contributed by atoms with E-state index in [-0.39, 0.29) is 16.6 Å². The molecule has 1 heterocycles.